The second kappa shape index (κ2) is 6.96. The first-order valence-corrected chi connectivity index (χ1v) is 8.17. The number of benzene rings is 2. The average molecular weight is 378 g/mol. The summed E-state index contributed by atoms with van der Waals surface area (Å²) in [4.78, 5) is 3.91. The van der Waals surface area contributed by atoms with Crippen molar-refractivity contribution >= 4 is 23.1 Å². The van der Waals surface area contributed by atoms with Gasteiger partial charge in [0.2, 0.25) is 0 Å². The van der Waals surface area contributed by atoms with Crippen LogP contribution in [0.15, 0.2) is 59.6 Å². The van der Waals surface area contributed by atoms with E-state index in [1.807, 2.05) is 6.92 Å². The number of rotatable bonds is 3. The number of hydrogen-bond donors (Lipinski definition) is 0. The van der Waals surface area contributed by atoms with Crippen molar-refractivity contribution in [3.8, 4) is 5.69 Å². The second-order valence-corrected chi connectivity index (χ2v) is 6.30. The number of alkyl halides is 3. The van der Waals surface area contributed by atoms with Crippen LogP contribution < -0.4 is 0 Å². The molecule has 3 aromatic rings. The van der Waals surface area contributed by atoms with Crippen molar-refractivity contribution in [2.45, 2.75) is 20.0 Å². The summed E-state index contributed by atoms with van der Waals surface area (Å²) in [6, 6.07) is 14.3. The smallest absolute Gasteiger partial charge is 0.223 e. The van der Waals surface area contributed by atoms with E-state index in [0.29, 0.717) is 16.4 Å². The molecule has 0 atom stereocenters. The second-order valence-electron chi connectivity index (χ2n) is 5.86. The highest BCUT2D eigenvalue weighted by Crippen LogP contribution is 2.28. The standard InChI is InChI=1S/C19H15ClF3N3/c1-12-6-8-14(9-7-12)18(19(21,22)23)24-17-10-13(2)25-26(17)16-5-3-4-15(20)11-16/h3-11H,1-2H3/b24-18-. The molecule has 0 N–H and O–H groups in total. The Morgan fingerprint density at radius 2 is 1.73 bits per heavy atom. The fourth-order valence-electron chi connectivity index (χ4n) is 2.48. The topological polar surface area (TPSA) is 30.2 Å². The molecule has 3 rings (SSSR count). The quantitative estimate of drug-likeness (QED) is 0.528. The maximum Gasteiger partial charge on any atom is 0.434 e. The summed E-state index contributed by atoms with van der Waals surface area (Å²) in [5.41, 5.74) is 0.985. The van der Waals surface area contributed by atoms with Crippen LogP contribution >= 0.6 is 11.6 Å². The zero-order valence-electron chi connectivity index (χ0n) is 14.0. The minimum absolute atomic E-state index is 0.000373. The first-order chi connectivity index (χ1) is 12.2. The molecule has 26 heavy (non-hydrogen) atoms. The molecule has 3 nitrogen and oxygen atoms in total. The maximum absolute atomic E-state index is 13.6. The molecule has 0 amide bonds. The zero-order chi connectivity index (χ0) is 18.9. The van der Waals surface area contributed by atoms with Crippen molar-refractivity contribution in [3.05, 3.63) is 76.4 Å². The number of aryl methyl sites for hydroxylation is 2. The predicted molar refractivity (Wildman–Crippen MR) is 96.7 cm³/mol. The van der Waals surface area contributed by atoms with E-state index in [2.05, 4.69) is 10.1 Å². The number of nitrogens with zero attached hydrogens (tertiary/aromatic N) is 3. The summed E-state index contributed by atoms with van der Waals surface area (Å²) >= 11 is 5.99. The molecule has 1 heterocycles. The lowest BCUT2D eigenvalue weighted by molar-refractivity contribution is -0.0580. The van der Waals surface area contributed by atoms with Crippen LogP contribution in [0.3, 0.4) is 0 Å². The van der Waals surface area contributed by atoms with Gasteiger partial charge in [0.15, 0.2) is 11.5 Å². The molecule has 0 saturated heterocycles. The highest BCUT2D eigenvalue weighted by Gasteiger charge is 2.37. The predicted octanol–water partition coefficient (Wildman–Crippen LogP) is 5.83. The zero-order valence-corrected chi connectivity index (χ0v) is 14.8. The van der Waals surface area contributed by atoms with Crippen molar-refractivity contribution in [1.82, 2.24) is 9.78 Å². The molecule has 0 aliphatic carbocycles. The van der Waals surface area contributed by atoms with Gasteiger partial charge in [-0.2, -0.15) is 18.3 Å². The third-order valence-corrected chi connectivity index (χ3v) is 3.92. The Kier molecular flexibility index (Phi) is 4.87. The third kappa shape index (κ3) is 3.96. The lowest BCUT2D eigenvalue weighted by atomic mass is 10.1. The van der Waals surface area contributed by atoms with Gasteiger partial charge < -0.3 is 0 Å². The Morgan fingerprint density at radius 3 is 2.35 bits per heavy atom. The van der Waals surface area contributed by atoms with Crippen molar-refractivity contribution in [2.24, 2.45) is 4.99 Å². The molecule has 0 saturated carbocycles. The van der Waals surface area contributed by atoms with Crippen LogP contribution in [0.4, 0.5) is 19.0 Å². The third-order valence-electron chi connectivity index (χ3n) is 3.69. The first kappa shape index (κ1) is 18.2. The Morgan fingerprint density at radius 1 is 1.04 bits per heavy atom. The van der Waals surface area contributed by atoms with E-state index in [9.17, 15) is 13.2 Å². The van der Waals surface area contributed by atoms with Crippen molar-refractivity contribution in [1.29, 1.82) is 0 Å². The summed E-state index contributed by atoms with van der Waals surface area (Å²) in [6.45, 7) is 3.50. The van der Waals surface area contributed by atoms with E-state index in [1.54, 1.807) is 43.3 Å². The van der Waals surface area contributed by atoms with Crippen LogP contribution in [0, 0.1) is 13.8 Å². The van der Waals surface area contributed by atoms with Gasteiger partial charge in [-0.3, -0.25) is 0 Å². The van der Waals surface area contributed by atoms with Gasteiger partial charge in [0.05, 0.1) is 11.4 Å². The minimum Gasteiger partial charge on any atom is -0.223 e. The van der Waals surface area contributed by atoms with E-state index >= 15 is 0 Å². The van der Waals surface area contributed by atoms with Gasteiger partial charge in [0.25, 0.3) is 0 Å². The molecule has 0 aliphatic heterocycles. The molecule has 0 aliphatic rings. The van der Waals surface area contributed by atoms with Crippen molar-refractivity contribution in [2.75, 3.05) is 0 Å². The fraction of sp³-hybridized carbons (Fsp3) is 0.158. The van der Waals surface area contributed by atoms with E-state index in [1.165, 1.54) is 22.9 Å². The Labute approximate surface area is 153 Å². The summed E-state index contributed by atoms with van der Waals surface area (Å²) in [7, 11) is 0. The Balaban J connectivity index is 2.16. The number of aromatic nitrogens is 2. The summed E-state index contributed by atoms with van der Waals surface area (Å²) in [5.74, 6) is 0.0812. The molecule has 0 spiro atoms. The fourth-order valence-corrected chi connectivity index (χ4v) is 2.67. The van der Waals surface area contributed by atoms with Crippen LogP contribution in [-0.4, -0.2) is 21.7 Å². The average Bonchev–Trinajstić information content (AvgIpc) is 2.93. The van der Waals surface area contributed by atoms with Crippen LogP contribution in [0.1, 0.15) is 16.8 Å². The normalized spacial score (nSPS) is 12.5. The molecule has 0 bridgehead atoms. The molecule has 1 aromatic heterocycles. The van der Waals surface area contributed by atoms with Gasteiger partial charge in [0.1, 0.15) is 0 Å². The highest BCUT2D eigenvalue weighted by molar-refractivity contribution is 6.30. The lowest BCUT2D eigenvalue weighted by Crippen LogP contribution is -2.24. The van der Waals surface area contributed by atoms with Gasteiger partial charge in [-0.1, -0.05) is 47.5 Å². The monoisotopic (exact) mass is 377 g/mol. The molecule has 0 unspecified atom stereocenters. The summed E-state index contributed by atoms with van der Waals surface area (Å²) in [5, 5.41) is 4.71. The van der Waals surface area contributed by atoms with E-state index in [4.69, 9.17) is 11.6 Å². The van der Waals surface area contributed by atoms with E-state index in [0.717, 1.165) is 5.56 Å². The van der Waals surface area contributed by atoms with Gasteiger partial charge in [-0.25, -0.2) is 9.67 Å². The Bertz CT molecular complexity index is 957. The molecular formula is C19H15ClF3N3. The maximum atomic E-state index is 13.6. The molecule has 0 radical (unpaired) electrons. The number of hydrogen-bond acceptors (Lipinski definition) is 2. The first-order valence-electron chi connectivity index (χ1n) is 7.79. The van der Waals surface area contributed by atoms with Crippen molar-refractivity contribution < 1.29 is 13.2 Å². The van der Waals surface area contributed by atoms with Crippen LogP contribution in [-0.2, 0) is 0 Å². The van der Waals surface area contributed by atoms with Gasteiger partial charge in [-0.15, -0.1) is 0 Å². The van der Waals surface area contributed by atoms with Gasteiger partial charge in [0, 0.05) is 16.7 Å². The Hall–Kier alpha value is -2.60. The number of aliphatic imine (C=N–C) groups is 1. The SMILES string of the molecule is Cc1ccc(/C(=N/c2cc(C)nn2-c2cccc(Cl)c2)C(F)(F)F)cc1. The lowest BCUT2D eigenvalue weighted by Gasteiger charge is -2.12. The van der Waals surface area contributed by atoms with Crippen LogP contribution in [0.5, 0.6) is 0 Å². The molecular weight excluding hydrogens is 363 g/mol. The van der Waals surface area contributed by atoms with Gasteiger partial charge >= 0.3 is 6.18 Å². The molecule has 0 fully saturated rings. The van der Waals surface area contributed by atoms with Gasteiger partial charge in [-0.05, 0) is 32.0 Å². The number of halogens is 4. The summed E-state index contributed by atoms with van der Waals surface area (Å²) < 4.78 is 42.2. The van der Waals surface area contributed by atoms with Crippen LogP contribution in [0.2, 0.25) is 5.02 Å². The molecule has 134 valence electrons. The molecule has 2 aromatic carbocycles. The molecule has 7 heteroatoms. The van der Waals surface area contributed by atoms with E-state index in [-0.39, 0.29) is 11.4 Å². The van der Waals surface area contributed by atoms with E-state index < -0.39 is 11.9 Å². The minimum atomic E-state index is -4.60. The largest absolute Gasteiger partial charge is 0.434 e. The summed E-state index contributed by atoms with van der Waals surface area (Å²) in [6.07, 6.45) is -4.60. The highest BCUT2D eigenvalue weighted by atomic mass is 35.5. The van der Waals surface area contributed by atoms with Crippen LogP contribution in [0.25, 0.3) is 5.69 Å². The van der Waals surface area contributed by atoms with Crippen molar-refractivity contribution in [3.63, 3.8) is 0 Å².